The summed E-state index contributed by atoms with van der Waals surface area (Å²) < 4.78 is 11.2. The van der Waals surface area contributed by atoms with Crippen molar-refractivity contribution in [2.24, 2.45) is 0 Å². The third-order valence-corrected chi connectivity index (χ3v) is 4.54. The molecule has 1 aromatic carbocycles. The summed E-state index contributed by atoms with van der Waals surface area (Å²) in [6.07, 6.45) is 1.11. The smallest absolute Gasteiger partial charge is 0.118 e. The molecule has 136 valence electrons. The Morgan fingerprint density at radius 3 is 2.68 bits per heavy atom. The van der Waals surface area contributed by atoms with Crippen molar-refractivity contribution in [2.45, 2.75) is 26.4 Å². The van der Waals surface area contributed by atoms with Crippen LogP contribution in [0.3, 0.4) is 0 Å². The van der Waals surface area contributed by atoms with Crippen molar-refractivity contribution in [2.75, 3.05) is 39.4 Å². The maximum absolute atomic E-state index is 9.71. The van der Waals surface area contributed by atoms with Gasteiger partial charge in [0.05, 0.1) is 19.8 Å². The predicted molar refractivity (Wildman–Crippen MR) is 97.5 cm³/mol. The minimum Gasteiger partial charge on any atom is -0.508 e. The average Bonchev–Trinajstić information content (AvgIpc) is 3.01. The summed E-state index contributed by atoms with van der Waals surface area (Å²) in [6, 6.07) is 11.6. The molecule has 2 heterocycles. The average molecular weight is 344 g/mol. The molecule has 0 bridgehead atoms. The second-order valence-electron chi connectivity index (χ2n) is 6.70. The zero-order valence-corrected chi connectivity index (χ0v) is 15.0. The molecule has 0 radical (unpaired) electrons. The van der Waals surface area contributed by atoms with E-state index in [2.05, 4.69) is 15.9 Å². The molecule has 0 aliphatic carbocycles. The van der Waals surface area contributed by atoms with Gasteiger partial charge in [-0.05, 0) is 49.7 Å². The molecule has 1 aliphatic rings. The van der Waals surface area contributed by atoms with E-state index < -0.39 is 0 Å². The third-order valence-electron chi connectivity index (χ3n) is 4.54. The van der Waals surface area contributed by atoms with Crippen LogP contribution in [0.15, 0.2) is 40.8 Å². The fraction of sp³-hybridized carbons (Fsp3) is 0.500. The Hall–Kier alpha value is -1.82. The number of hydrogen-bond acceptors (Lipinski definition) is 5. The van der Waals surface area contributed by atoms with Gasteiger partial charge in [-0.25, -0.2) is 0 Å². The molecule has 1 aliphatic heterocycles. The molecule has 1 N–H and O–H groups in total. The first-order valence-corrected chi connectivity index (χ1v) is 9.05. The van der Waals surface area contributed by atoms with E-state index in [-0.39, 0.29) is 0 Å². The molecule has 0 saturated carbocycles. The molecule has 3 rings (SSSR count). The highest BCUT2D eigenvalue weighted by Gasteiger charge is 2.13. The molecular formula is C20H28N2O3. The molecule has 0 amide bonds. The minimum atomic E-state index is 0.319. The SMILES string of the molecule is Cc1ccc(CN(CCCN2CCOCC2)Cc2cccc(O)c2)o1. The number of aromatic hydroxyl groups is 1. The first-order chi connectivity index (χ1) is 12.2. The fourth-order valence-electron chi connectivity index (χ4n) is 3.26. The van der Waals surface area contributed by atoms with Crippen LogP contribution in [-0.2, 0) is 17.8 Å². The Morgan fingerprint density at radius 1 is 1.12 bits per heavy atom. The summed E-state index contributed by atoms with van der Waals surface area (Å²) in [5, 5.41) is 9.71. The van der Waals surface area contributed by atoms with Gasteiger partial charge in [0.1, 0.15) is 17.3 Å². The van der Waals surface area contributed by atoms with Crippen LogP contribution >= 0.6 is 0 Å². The number of rotatable bonds is 8. The Bertz CT molecular complexity index is 650. The highest BCUT2D eigenvalue weighted by molar-refractivity contribution is 5.27. The van der Waals surface area contributed by atoms with Crippen LogP contribution in [0.1, 0.15) is 23.5 Å². The van der Waals surface area contributed by atoms with Gasteiger partial charge in [0, 0.05) is 26.2 Å². The molecule has 1 fully saturated rings. The zero-order valence-electron chi connectivity index (χ0n) is 15.0. The van der Waals surface area contributed by atoms with E-state index in [1.165, 1.54) is 0 Å². The standard InChI is InChI=1S/C20H28N2O3/c1-17-6-7-20(25-17)16-22(15-18-4-2-5-19(23)14-18)9-3-8-21-10-12-24-13-11-21/h2,4-7,14,23H,3,8-13,15-16H2,1H3. The van der Waals surface area contributed by atoms with Crippen molar-refractivity contribution in [3.63, 3.8) is 0 Å². The van der Waals surface area contributed by atoms with Crippen LogP contribution in [0.4, 0.5) is 0 Å². The second-order valence-corrected chi connectivity index (χ2v) is 6.70. The third kappa shape index (κ3) is 5.88. The van der Waals surface area contributed by atoms with Gasteiger partial charge in [-0.2, -0.15) is 0 Å². The monoisotopic (exact) mass is 344 g/mol. The predicted octanol–water partition coefficient (Wildman–Crippen LogP) is 3.02. The Morgan fingerprint density at radius 2 is 1.96 bits per heavy atom. The van der Waals surface area contributed by atoms with Crippen LogP contribution < -0.4 is 0 Å². The van der Waals surface area contributed by atoms with Crippen LogP contribution in [0.5, 0.6) is 5.75 Å². The molecular weight excluding hydrogens is 316 g/mol. The van der Waals surface area contributed by atoms with Gasteiger partial charge in [0.2, 0.25) is 0 Å². The number of hydrogen-bond donors (Lipinski definition) is 1. The number of morpholine rings is 1. The van der Waals surface area contributed by atoms with E-state index in [0.29, 0.717) is 5.75 Å². The molecule has 5 nitrogen and oxygen atoms in total. The lowest BCUT2D eigenvalue weighted by Crippen LogP contribution is -2.38. The minimum absolute atomic E-state index is 0.319. The number of phenolic OH excluding ortho intramolecular Hbond substituents is 1. The highest BCUT2D eigenvalue weighted by Crippen LogP contribution is 2.16. The Labute approximate surface area is 149 Å². The summed E-state index contributed by atoms with van der Waals surface area (Å²) in [5.74, 6) is 2.25. The van der Waals surface area contributed by atoms with E-state index in [1.807, 2.05) is 31.2 Å². The summed E-state index contributed by atoms with van der Waals surface area (Å²) in [5.41, 5.74) is 1.12. The lowest BCUT2D eigenvalue weighted by atomic mass is 10.2. The first-order valence-electron chi connectivity index (χ1n) is 9.05. The van der Waals surface area contributed by atoms with Crippen molar-refractivity contribution in [3.8, 4) is 5.75 Å². The first kappa shape index (κ1) is 18.0. The Kier molecular flexibility index (Phi) is 6.50. The number of nitrogens with zero attached hydrogens (tertiary/aromatic N) is 2. The van der Waals surface area contributed by atoms with Crippen molar-refractivity contribution in [1.82, 2.24) is 9.80 Å². The topological polar surface area (TPSA) is 49.1 Å². The van der Waals surface area contributed by atoms with E-state index in [1.54, 1.807) is 6.07 Å². The summed E-state index contributed by atoms with van der Waals surface area (Å²) in [7, 11) is 0. The highest BCUT2D eigenvalue weighted by atomic mass is 16.5. The molecule has 1 saturated heterocycles. The Balaban J connectivity index is 1.57. The number of benzene rings is 1. The van der Waals surface area contributed by atoms with E-state index in [9.17, 15) is 5.11 Å². The quantitative estimate of drug-likeness (QED) is 0.798. The maximum atomic E-state index is 9.71. The van der Waals surface area contributed by atoms with Gasteiger partial charge in [-0.1, -0.05) is 12.1 Å². The fourth-order valence-corrected chi connectivity index (χ4v) is 3.26. The van der Waals surface area contributed by atoms with Crippen molar-refractivity contribution < 1.29 is 14.3 Å². The van der Waals surface area contributed by atoms with Gasteiger partial charge in [-0.15, -0.1) is 0 Å². The molecule has 2 aromatic rings. The van der Waals surface area contributed by atoms with Gasteiger partial charge < -0.3 is 14.3 Å². The normalized spacial score (nSPS) is 15.8. The molecule has 25 heavy (non-hydrogen) atoms. The summed E-state index contributed by atoms with van der Waals surface area (Å²) in [6.45, 7) is 9.40. The molecule has 1 aromatic heterocycles. The van der Waals surface area contributed by atoms with Gasteiger partial charge in [0.15, 0.2) is 0 Å². The van der Waals surface area contributed by atoms with Crippen LogP contribution in [0.2, 0.25) is 0 Å². The molecule has 0 atom stereocenters. The molecule has 0 spiro atoms. The molecule has 5 heteroatoms. The van der Waals surface area contributed by atoms with Gasteiger partial charge in [0.25, 0.3) is 0 Å². The number of furan rings is 1. The number of phenols is 1. The van der Waals surface area contributed by atoms with E-state index in [0.717, 1.165) is 76.0 Å². The van der Waals surface area contributed by atoms with Crippen LogP contribution in [-0.4, -0.2) is 54.3 Å². The lowest BCUT2D eigenvalue weighted by Gasteiger charge is -2.28. The second kappa shape index (κ2) is 9.04. The molecule has 0 unspecified atom stereocenters. The number of ether oxygens (including phenoxy) is 1. The van der Waals surface area contributed by atoms with Crippen LogP contribution in [0.25, 0.3) is 0 Å². The van der Waals surface area contributed by atoms with Crippen molar-refractivity contribution >= 4 is 0 Å². The van der Waals surface area contributed by atoms with Crippen molar-refractivity contribution in [1.29, 1.82) is 0 Å². The van der Waals surface area contributed by atoms with Crippen LogP contribution in [0, 0.1) is 6.92 Å². The number of aryl methyl sites for hydroxylation is 1. The summed E-state index contributed by atoms with van der Waals surface area (Å²) >= 11 is 0. The van der Waals surface area contributed by atoms with Crippen molar-refractivity contribution in [3.05, 3.63) is 53.5 Å². The lowest BCUT2D eigenvalue weighted by molar-refractivity contribution is 0.0358. The largest absolute Gasteiger partial charge is 0.508 e. The van der Waals surface area contributed by atoms with Gasteiger partial charge >= 0.3 is 0 Å². The zero-order chi connectivity index (χ0) is 17.5. The van der Waals surface area contributed by atoms with Gasteiger partial charge in [-0.3, -0.25) is 9.80 Å². The van der Waals surface area contributed by atoms with E-state index >= 15 is 0 Å². The summed E-state index contributed by atoms with van der Waals surface area (Å²) in [4.78, 5) is 4.85. The maximum Gasteiger partial charge on any atom is 0.118 e. The van der Waals surface area contributed by atoms with E-state index in [4.69, 9.17) is 9.15 Å².